The first-order valence-corrected chi connectivity index (χ1v) is 6.99. The molecular formula is C13H11N5OS. The van der Waals surface area contributed by atoms with E-state index in [0.717, 1.165) is 12.1 Å². The van der Waals surface area contributed by atoms with Gasteiger partial charge in [0.2, 0.25) is 5.91 Å². The van der Waals surface area contributed by atoms with Gasteiger partial charge >= 0.3 is 0 Å². The standard InChI is InChI=1S/C13H11N5OS/c14-7-9-1-3-10(4-2-9)18-6-5-11(12(18)19)20-13-15-8-16-17-13/h1-4,8,11H,5-6H2,(H,15,16,17)/t11-/m0/s1. The van der Waals surface area contributed by atoms with E-state index in [-0.39, 0.29) is 11.2 Å². The minimum absolute atomic E-state index is 0.0658. The number of aromatic nitrogens is 3. The molecule has 0 radical (unpaired) electrons. The number of carbonyl (C=O) groups is 1. The molecule has 3 rings (SSSR count). The highest BCUT2D eigenvalue weighted by atomic mass is 32.2. The highest BCUT2D eigenvalue weighted by Crippen LogP contribution is 2.31. The number of thioether (sulfide) groups is 1. The van der Waals surface area contributed by atoms with E-state index in [1.165, 1.54) is 18.1 Å². The zero-order valence-electron chi connectivity index (χ0n) is 10.5. The third-order valence-corrected chi connectivity index (χ3v) is 4.25. The number of anilines is 1. The summed E-state index contributed by atoms with van der Waals surface area (Å²) in [5.74, 6) is 0.0658. The van der Waals surface area contributed by atoms with Crippen molar-refractivity contribution in [1.82, 2.24) is 15.2 Å². The van der Waals surface area contributed by atoms with Crippen LogP contribution in [-0.2, 0) is 4.79 Å². The topological polar surface area (TPSA) is 85.7 Å². The molecule has 100 valence electrons. The largest absolute Gasteiger partial charge is 0.311 e. The van der Waals surface area contributed by atoms with E-state index in [0.29, 0.717) is 17.3 Å². The molecule has 0 unspecified atom stereocenters. The Morgan fingerprint density at radius 3 is 2.85 bits per heavy atom. The summed E-state index contributed by atoms with van der Waals surface area (Å²) in [4.78, 5) is 18.1. The van der Waals surface area contributed by atoms with Crippen molar-refractivity contribution in [2.24, 2.45) is 0 Å². The van der Waals surface area contributed by atoms with Gasteiger partial charge in [0.15, 0.2) is 5.16 Å². The molecule has 0 aliphatic carbocycles. The molecule has 7 heteroatoms. The molecule has 1 N–H and O–H groups in total. The molecular weight excluding hydrogens is 274 g/mol. The Balaban J connectivity index is 1.73. The van der Waals surface area contributed by atoms with Crippen LogP contribution in [0.5, 0.6) is 0 Å². The number of H-pyrrole nitrogens is 1. The SMILES string of the molecule is N#Cc1ccc(N2CC[C@H](Sc3ncn[nH]3)C2=O)cc1. The number of hydrogen-bond acceptors (Lipinski definition) is 5. The normalized spacial score (nSPS) is 18.2. The Labute approximate surface area is 119 Å². The van der Waals surface area contributed by atoms with Crippen LogP contribution in [-0.4, -0.2) is 32.9 Å². The number of nitrogens with one attached hydrogen (secondary N) is 1. The molecule has 0 spiro atoms. The fourth-order valence-electron chi connectivity index (χ4n) is 2.12. The summed E-state index contributed by atoms with van der Waals surface area (Å²) >= 11 is 1.40. The highest BCUT2D eigenvalue weighted by molar-refractivity contribution is 8.00. The quantitative estimate of drug-likeness (QED) is 0.925. The molecule has 6 nitrogen and oxygen atoms in total. The minimum Gasteiger partial charge on any atom is -0.311 e. The number of carbonyl (C=O) groups excluding carboxylic acids is 1. The molecule has 1 atom stereocenters. The van der Waals surface area contributed by atoms with E-state index in [1.54, 1.807) is 29.2 Å². The number of benzene rings is 1. The van der Waals surface area contributed by atoms with E-state index in [4.69, 9.17) is 5.26 Å². The lowest BCUT2D eigenvalue weighted by Gasteiger charge is -2.16. The van der Waals surface area contributed by atoms with Crippen molar-refractivity contribution in [3.05, 3.63) is 36.2 Å². The van der Waals surface area contributed by atoms with Gasteiger partial charge < -0.3 is 4.90 Å². The van der Waals surface area contributed by atoms with Gasteiger partial charge in [0, 0.05) is 12.2 Å². The molecule has 0 saturated carbocycles. The third-order valence-electron chi connectivity index (χ3n) is 3.11. The Bertz CT molecular complexity index is 646. The first kappa shape index (κ1) is 12.7. The molecule has 1 aliphatic rings. The van der Waals surface area contributed by atoms with Gasteiger partial charge in [-0.1, -0.05) is 11.8 Å². The van der Waals surface area contributed by atoms with Gasteiger partial charge in [0.25, 0.3) is 0 Å². The minimum atomic E-state index is -0.140. The van der Waals surface area contributed by atoms with Crippen LogP contribution < -0.4 is 4.90 Å². The predicted octanol–water partition coefficient (Wildman–Crippen LogP) is 1.57. The summed E-state index contributed by atoms with van der Waals surface area (Å²) in [5.41, 5.74) is 1.42. The fraction of sp³-hybridized carbons (Fsp3) is 0.231. The summed E-state index contributed by atoms with van der Waals surface area (Å²) in [6.07, 6.45) is 2.20. The summed E-state index contributed by atoms with van der Waals surface area (Å²) in [5, 5.41) is 15.8. The lowest BCUT2D eigenvalue weighted by molar-refractivity contribution is -0.116. The van der Waals surface area contributed by atoms with E-state index >= 15 is 0 Å². The average molecular weight is 285 g/mol. The van der Waals surface area contributed by atoms with Crippen molar-refractivity contribution in [1.29, 1.82) is 5.26 Å². The van der Waals surface area contributed by atoms with Crippen LogP contribution in [0.2, 0.25) is 0 Å². The zero-order valence-corrected chi connectivity index (χ0v) is 11.3. The third kappa shape index (κ3) is 2.38. The van der Waals surface area contributed by atoms with Gasteiger partial charge in [-0.2, -0.15) is 10.4 Å². The molecule has 1 aliphatic heterocycles. The molecule has 2 aromatic rings. The first-order chi connectivity index (χ1) is 9.78. The van der Waals surface area contributed by atoms with Crippen molar-refractivity contribution < 1.29 is 4.79 Å². The van der Waals surface area contributed by atoms with Crippen LogP contribution in [0.4, 0.5) is 5.69 Å². The maximum atomic E-state index is 12.4. The van der Waals surface area contributed by atoms with Crippen molar-refractivity contribution in [2.45, 2.75) is 16.8 Å². The maximum Gasteiger partial charge on any atom is 0.240 e. The monoisotopic (exact) mass is 285 g/mol. The average Bonchev–Trinajstić information content (AvgIpc) is 3.11. The molecule has 1 aromatic carbocycles. The number of hydrogen-bond donors (Lipinski definition) is 1. The summed E-state index contributed by atoms with van der Waals surface area (Å²) < 4.78 is 0. The van der Waals surface area contributed by atoms with E-state index in [1.807, 2.05) is 0 Å². The number of rotatable bonds is 3. The van der Waals surface area contributed by atoms with Gasteiger partial charge in [-0.05, 0) is 30.7 Å². The van der Waals surface area contributed by atoms with Crippen molar-refractivity contribution in [3.8, 4) is 6.07 Å². The Morgan fingerprint density at radius 2 is 2.20 bits per heavy atom. The smallest absolute Gasteiger partial charge is 0.240 e. The van der Waals surface area contributed by atoms with Gasteiger partial charge in [-0.15, -0.1) is 0 Å². The molecule has 2 heterocycles. The molecule has 1 amide bonds. The second-order valence-corrected chi connectivity index (χ2v) is 5.53. The van der Waals surface area contributed by atoms with Gasteiger partial charge in [0.1, 0.15) is 6.33 Å². The fourth-order valence-corrected chi connectivity index (χ4v) is 3.06. The summed E-state index contributed by atoms with van der Waals surface area (Å²) in [6, 6.07) is 9.12. The second-order valence-electron chi connectivity index (χ2n) is 4.33. The van der Waals surface area contributed by atoms with Crippen molar-refractivity contribution >= 4 is 23.4 Å². The van der Waals surface area contributed by atoms with Crippen molar-refractivity contribution in [3.63, 3.8) is 0 Å². The molecule has 1 aromatic heterocycles. The predicted molar refractivity (Wildman–Crippen MR) is 74.2 cm³/mol. The zero-order chi connectivity index (χ0) is 13.9. The Morgan fingerprint density at radius 1 is 1.40 bits per heavy atom. The second kappa shape index (κ2) is 5.35. The molecule has 1 saturated heterocycles. The first-order valence-electron chi connectivity index (χ1n) is 6.11. The van der Waals surface area contributed by atoms with Crippen LogP contribution in [0.25, 0.3) is 0 Å². The van der Waals surface area contributed by atoms with Crippen LogP contribution in [0.15, 0.2) is 35.7 Å². The van der Waals surface area contributed by atoms with Gasteiger partial charge in [-0.3, -0.25) is 9.89 Å². The highest BCUT2D eigenvalue weighted by Gasteiger charge is 2.33. The number of aromatic amines is 1. The van der Waals surface area contributed by atoms with Crippen LogP contribution >= 0.6 is 11.8 Å². The molecule has 20 heavy (non-hydrogen) atoms. The lowest BCUT2D eigenvalue weighted by Crippen LogP contribution is -2.27. The lowest BCUT2D eigenvalue weighted by atomic mass is 10.2. The van der Waals surface area contributed by atoms with E-state index < -0.39 is 0 Å². The van der Waals surface area contributed by atoms with Crippen molar-refractivity contribution in [2.75, 3.05) is 11.4 Å². The number of amides is 1. The van der Waals surface area contributed by atoms with E-state index in [9.17, 15) is 4.79 Å². The molecule has 0 bridgehead atoms. The van der Waals surface area contributed by atoms with Crippen LogP contribution in [0.3, 0.4) is 0 Å². The maximum absolute atomic E-state index is 12.4. The van der Waals surface area contributed by atoms with Crippen LogP contribution in [0, 0.1) is 11.3 Å². The van der Waals surface area contributed by atoms with Crippen LogP contribution in [0.1, 0.15) is 12.0 Å². The summed E-state index contributed by atoms with van der Waals surface area (Å²) in [7, 11) is 0. The van der Waals surface area contributed by atoms with Gasteiger partial charge in [0.05, 0.1) is 16.9 Å². The molecule has 1 fully saturated rings. The van der Waals surface area contributed by atoms with Gasteiger partial charge in [-0.25, -0.2) is 4.98 Å². The summed E-state index contributed by atoms with van der Waals surface area (Å²) in [6.45, 7) is 0.677. The number of nitrogens with zero attached hydrogens (tertiary/aromatic N) is 4. The van der Waals surface area contributed by atoms with E-state index in [2.05, 4.69) is 21.3 Å². The number of nitriles is 1. The Hall–Kier alpha value is -2.33. The Kier molecular flexibility index (Phi) is 3.39.